The first kappa shape index (κ1) is 20.8. The number of piperidine rings is 1. The van der Waals surface area contributed by atoms with Crippen molar-refractivity contribution in [3.63, 3.8) is 0 Å². The van der Waals surface area contributed by atoms with Crippen LogP contribution >= 0.6 is 0 Å². The largest absolute Gasteiger partial charge is 0.506 e. The lowest BCUT2D eigenvalue weighted by Gasteiger charge is -2.39. The number of carbonyl (C=O) groups excluding carboxylic acids is 1. The topological polar surface area (TPSA) is 103 Å². The summed E-state index contributed by atoms with van der Waals surface area (Å²) < 4.78 is 5.16. The van der Waals surface area contributed by atoms with E-state index in [0.29, 0.717) is 34.8 Å². The number of pyridine rings is 1. The summed E-state index contributed by atoms with van der Waals surface area (Å²) >= 11 is 0. The SMILES string of the molecule is Cc1ncc(CO)c(CN2CCC3(CCN(C(=O)c4c(C)noc4C)CC3)C2)c1O. The number of likely N-dealkylation sites (tertiary alicyclic amines) is 2. The molecule has 2 aromatic rings. The molecule has 0 atom stereocenters. The number of nitrogens with zero attached hydrogens (tertiary/aromatic N) is 4. The third-order valence-corrected chi connectivity index (χ3v) is 6.86. The first-order chi connectivity index (χ1) is 14.3. The van der Waals surface area contributed by atoms with E-state index < -0.39 is 0 Å². The van der Waals surface area contributed by atoms with Crippen LogP contribution in [0.25, 0.3) is 0 Å². The Labute approximate surface area is 176 Å². The van der Waals surface area contributed by atoms with Crippen LogP contribution in [0.1, 0.15) is 57.9 Å². The summed E-state index contributed by atoms with van der Waals surface area (Å²) in [6.07, 6.45) is 4.66. The molecule has 2 aliphatic rings. The maximum Gasteiger partial charge on any atom is 0.259 e. The molecule has 30 heavy (non-hydrogen) atoms. The second-order valence-electron chi connectivity index (χ2n) is 8.81. The predicted molar refractivity (Wildman–Crippen MR) is 110 cm³/mol. The van der Waals surface area contributed by atoms with Crippen LogP contribution in [0.2, 0.25) is 0 Å². The molecule has 2 aliphatic heterocycles. The standard InChI is InChI=1S/C22H30N4O4/c1-14-19(16(3)30-24-14)21(29)26-8-5-22(6-9-26)4-7-25(13-22)11-18-17(12-27)10-23-15(2)20(18)28/h10,27-28H,4-9,11-13H2,1-3H3. The minimum Gasteiger partial charge on any atom is -0.506 e. The number of aryl methyl sites for hydroxylation is 3. The lowest BCUT2D eigenvalue weighted by Crippen LogP contribution is -2.44. The monoisotopic (exact) mass is 414 g/mol. The van der Waals surface area contributed by atoms with Crippen LogP contribution in [-0.2, 0) is 13.2 Å². The molecule has 1 amide bonds. The van der Waals surface area contributed by atoms with E-state index in [0.717, 1.165) is 51.0 Å². The molecule has 2 fully saturated rings. The van der Waals surface area contributed by atoms with E-state index in [1.165, 1.54) is 0 Å². The second kappa shape index (κ2) is 8.00. The summed E-state index contributed by atoms with van der Waals surface area (Å²) in [6.45, 7) is 9.19. The van der Waals surface area contributed by atoms with Crippen molar-refractivity contribution in [2.75, 3.05) is 26.2 Å². The van der Waals surface area contributed by atoms with Gasteiger partial charge in [0.15, 0.2) is 0 Å². The smallest absolute Gasteiger partial charge is 0.259 e. The molecule has 0 unspecified atom stereocenters. The van der Waals surface area contributed by atoms with Crippen molar-refractivity contribution in [3.05, 3.63) is 40.0 Å². The summed E-state index contributed by atoms with van der Waals surface area (Å²) in [5.74, 6) is 0.778. The van der Waals surface area contributed by atoms with Crippen LogP contribution in [0, 0.1) is 26.2 Å². The van der Waals surface area contributed by atoms with Crippen molar-refractivity contribution in [1.29, 1.82) is 0 Å². The fraction of sp³-hybridized carbons (Fsp3) is 0.591. The number of aliphatic hydroxyl groups is 1. The minimum absolute atomic E-state index is 0.0146. The highest BCUT2D eigenvalue weighted by Gasteiger charge is 2.42. The number of rotatable bonds is 4. The molecule has 2 aromatic heterocycles. The van der Waals surface area contributed by atoms with Gasteiger partial charge in [0.2, 0.25) is 0 Å². The van der Waals surface area contributed by atoms with Crippen LogP contribution in [0.4, 0.5) is 0 Å². The van der Waals surface area contributed by atoms with E-state index in [-0.39, 0.29) is 23.7 Å². The third-order valence-electron chi connectivity index (χ3n) is 6.86. The fourth-order valence-electron chi connectivity index (χ4n) is 4.92. The number of hydrogen-bond acceptors (Lipinski definition) is 7. The molecule has 0 aromatic carbocycles. The zero-order valence-corrected chi connectivity index (χ0v) is 17.9. The molecule has 0 radical (unpaired) electrons. The lowest BCUT2D eigenvalue weighted by atomic mass is 9.77. The maximum absolute atomic E-state index is 12.9. The van der Waals surface area contributed by atoms with Crippen molar-refractivity contribution >= 4 is 5.91 Å². The Morgan fingerprint density at radius 2 is 1.87 bits per heavy atom. The van der Waals surface area contributed by atoms with Gasteiger partial charge in [0.25, 0.3) is 5.91 Å². The van der Waals surface area contributed by atoms with Gasteiger partial charge in [0, 0.05) is 43.5 Å². The van der Waals surface area contributed by atoms with Gasteiger partial charge in [0.1, 0.15) is 17.1 Å². The fourth-order valence-corrected chi connectivity index (χ4v) is 4.92. The highest BCUT2D eigenvalue weighted by atomic mass is 16.5. The van der Waals surface area contributed by atoms with Gasteiger partial charge in [-0.1, -0.05) is 5.16 Å². The third kappa shape index (κ3) is 3.70. The van der Waals surface area contributed by atoms with Crippen LogP contribution in [0.15, 0.2) is 10.7 Å². The Kier molecular flexibility index (Phi) is 5.55. The first-order valence-electron chi connectivity index (χ1n) is 10.6. The zero-order chi connectivity index (χ0) is 21.5. The van der Waals surface area contributed by atoms with Gasteiger partial charge in [0.05, 0.1) is 18.0 Å². The molecule has 8 nitrogen and oxygen atoms in total. The van der Waals surface area contributed by atoms with Gasteiger partial charge in [-0.2, -0.15) is 0 Å². The van der Waals surface area contributed by atoms with E-state index >= 15 is 0 Å². The zero-order valence-electron chi connectivity index (χ0n) is 17.9. The highest BCUT2D eigenvalue weighted by molar-refractivity contribution is 5.96. The molecular formula is C22H30N4O4. The van der Waals surface area contributed by atoms with Crippen molar-refractivity contribution in [2.24, 2.45) is 5.41 Å². The Balaban J connectivity index is 1.40. The minimum atomic E-state index is -0.131. The molecule has 2 N–H and O–H groups in total. The number of aliphatic hydroxyl groups excluding tert-OH is 1. The van der Waals surface area contributed by atoms with Crippen molar-refractivity contribution in [2.45, 2.75) is 53.2 Å². The molecule has 4 rings (SSSR count). The highest BCUT2D eigenvalue weighted by Crippen LogP contribution is 2.42. The van der Waals surface area contributed by atoms with Gasteiger partial charge < -0.3 is 19.6 Å². The molecular weight excluding hydrogens is 384 g/mol. The molecule has 162 valence electrons. The maximum atomic E-state index is 12.9. The van der Waals surface area contributed by atoms with Crippen LogP contribution in [0.5, 0.6) is 5.75 Å². The van der Waals surface area contributed by atoms with Gasteiger partial charge in [-0.05, 0) is 52.0 Å². The van der Waals surface area contributed by atoms with E-state index in [1.54, 1.807) is 27.0 Å². The summed E-state index contributed by atoms with van der Waals surface area (Å²) in [5.41, 5.74) is 3.48. The van der Waals surface area contributed by atoms with Crippen molar-refractivity contribution in [3.8, 4) is 5.75 Å². The predicted octanol–water partition coefficient (Wildman–Crippen LogP) is 2.32. The van der Waals surface area contributed by atoms with Gasteiger partial charge in [-0.15, -0.1) is 0 Å². The molecule has 4 heterocycles. The molecule has 0 aliphatic carbocycles. The normalized spacial score (nSPS) is 19.0. The van der Waals surface area contributed by atoms with Crippen LogP contribution in [0.3, 0.4) is 0 Å². The average molecular weight is 415 g/mol. The number of hydrogen-bond donors (Lipinski definition) is 2. The van der Waals surface area contributed by atoms with Gasteiger partial charge >= 0.3 is 0 Å². The van der Waals surface area contributed by atoms with Gasteiger partial charge in [-0.3, -0.25) is 14.7 Å². The summed E-state index contributed by atoms with van der Waals surface area (Å²) in [7, 11) is 0. The molecule has 1 spiro atoms. The lowest BCUT2D eigenvalue weighted by molar-refractivity contribution is 0.0585. The second-order valence-corrected chi connectivity index (χ2v) is 8.81. The quantitative estimate of drug-likeness (QED) is 0.791. The summed E-state index contributed by atoms with van der Waals surface area (Å²) in [4.78, 5) is 21.3. The number of amides is 1. The Morgan fingerprint density at radius 1 is 1.17 bits per heavy atom. The molecule has 0 bridgehead atoms. The summed E-state index contributed by atoms with van der Waals surface area (Å²) in [6, 6.07) is 0. The van der Waals surface area contributed by atoms with E-state index in [1.807, 2.05) is 4.90 Å². The summed E-state index contributed by atoms with van der Waals surface area (Å²) in [5, 5.41) is 24.0. The van der Waals surface area contributed by atoms with Crippen LogP contribution in [-0.4, -0.2) is 62.2 Å². The Hall–Kier alpha value is -2.45. The molecule has 8 heteroatoms. The number of aromatic hydroxyl groups is 1. The van der Waals surface area contributed by atoms with Crippen LogP contribution < -0.4 is 0 Å². The number of aromatic nitrogens is 2. The number of carbonyl (C=O) groups is 1. The molecule has 2 saturated heterocycles. The molecule has 0 saturated carbocycles. The van der Waals surface area contributed by atoms with E-state index in [4.69, 9.17) is 4.52 Å². The Morgan fingerprint density at radius 3 is 2.50 bits per heavy atom. The van der Waals surface area contributed by atoms with E-state index in [9.17, 15) is 15.0 Å². The van der Waals surface area contributed by atoms with E-state index in [2.05, 4.69) is 15.0 Å². The average Bonchev–Trinajstić information content (AvgIpc) is 3.28. The van der Waals surface area contributed by atoms with Crippen molar-refractivity contribution < 1.29 is 19.5 Å². The van der Waals surface area contributed by atoms with Gasteiger partial charge in [-0.25, -0.2) is 0 Å². The Bertz CT molecular complexity index is 927. The van der Waals surface area contributed by atoms with Crippen molar-refractivity contribution in [1.82, 2.24) is 19.9 Å². The first-order valence-corrected chi connectivity index (χ1v) is 10.6.